The molecule has 0 saturated heterocycles. The molecular weight excluding hydrogens is 376 g/mol. The van der Waals surface area contributed by atoms with Gasteiger partial charge in [-0.05, 0) is 36.4 Å². The Morgan fingerprint density at radius 1 is 0.821 bits per heavy atom. The standard InChI is InChI=1S/C21H18N2O4S/c24-20(15-26-17-9-3-1-4-10-17)23(28)21(25)22-16-8-7-13-19(14-16)27-18-11-5-2-6-12-18/h1-14,28H,15H2,(H,22,25). The summed E-state index contributed by atoms with van der Waals surface area (Å²) in [5.74, 6) is 1.16. The summed E-state index contributed by atoms with van der Waals surface area (Å²) in [5.41, 5.74) is 0.467. The molecule has 0 aliphatic carbocycles. The number of thiol groups is 1. The van der Waals surface area contributed by atoms with Gasteiger partial charge in [0.15, 0.2) is 6.61 Å². The number of nitrogens with zero attached hydrogens (tertiary/aromatic N) is 1. The van der Waals surface area contributed by atoms with E-state index in [-0.39, 0.29) is 6.61 Å². The first-order valence-electron chi connectivity index (χ1n) is 8.45. The van der Waals surface area contributed by atoms with Crippen molar-refractivity contribution in [1.29, 1.82) is 0 Å². The fourth-order valence-corrected chi connectivity index (χ4v) is 2.38. The number of hydrogen-bond donors (Lipinski definition) is 2. The molecule has 6 nitrogen and oxygen atoms in total. The molecule has 142 valence electrons. The minimum absolute atomic E-state index is 0.307. The Kier molecular flexibility index (Phi) is 6.54. The van der Waals surface area contributed by atoms with Crippen LogP contribution in [0.3, 0.4) is 0 Å². The van der Waals surface area contributed by atoms with Crippen LogP contribution in [0.15, 0.2) is 84.9 Å². The van der Waals surface area contributed by atoms with Crippen molar-refractivity contribution in [3.63, 3.8) is 0 Å². The molecule has 28 heavy (non-hydrogen) atoms. The minimum atomic E-state index is -0.693. The summed E-state index contributed by atoms with van der Waals surface area (Å²) in [6, 6.07) is 24.3. The highest BCUT2D eigenvalue weighted by atomic mass is 32.1. The summed E-state index contributed by atoms with van der Waals surface area (Å²) in [6.45, 7) is -0.307. The summed E-state index contributed by atoms with van der Waals surface area (Å²) < 4.78 is 11.7. The Morgan fingerprint density at radius 2 is 1.43 bits per heavy atom. The number of carbonyl (C=O) groups excluding carboxylic acids is 2. The van der Waals surface area contributed by atoms with Crippen molar-refractivity contribution in [3.05, 3.63) is 84.9 Å². The molecule has 3 rings (SSSR count). The predicted molar refractivity (Wildman–Crippen MR) is 110 cm³/mol. The molecule has 0 heterocycles. The minimum Gasteiger partial charge on any atom is -0.484 e. The molecule has 0 saturated carbocycles. The SMILES string of the molecule is O=C(COc1ccccc1)N(S)C(=O)Nc1cccc(Oc2ccccc2)c1. The second kappa shape index (κ2) is 9.48. The van der Waals surface area contributed by atoms with Gasteiger partial charge in [-0.2, -0.15) is 0 Å². The average molecular weight is 394 g/mol. The van der Waals surface area contributed by atoms with Crippen LogP contribution in [0.4, 0.5) is 10.5 Å². The number of para-hydroxylation sites is 2. The largest absolute Gasteiger partial charge is 0.484 e. The van der Waals surface area contributed by atoms with Crippen molar-refractivity contribution in [1.82, 2.24) is 4.31 Å². The fourth-order valence-electron chi connectivity index (χ4n) is 2.27. The van der Waals surface area contributed by atoms with Gasteiger partial charge in [0.1, 0.15) is 17.2 Å². The lowest BCUT2D eigenvalue weighted by Crippen LogP contribution is -2.35. The van der Waals surface area contributed by atoms with Crippen LogP contribution in [0, 0.1) is 0 Å². The Hall–Kier alpha value is -3.45. The molecular formula is C21H18N2O4S. The number of imide groups is 1. The summed E-state index contributed by atoms with van der Waals surface area (Å²) in [6.07, 6.45) is 0. The summed E-state index contributed by atoms with van der Waals surface area (Å²) >= 11 is 3.96. The van der Waals surface area contributed by atoms with Gasteiger partial charge in [-0.3, -0.25) is 4.79 Å². The van der Waals surface area contributed by atoms with Crippen molar-refractivity contribution in [2.75, 3.05) is 11.9 Å². The molecule has 0 unspecified atom stereocenters. The number of anilines is 1. The number of hydrogen-bond acceptors (Lipinski definition) is 5. The van der Waals surface area contributed by atoms with Gasteiger partial charge in [0, 0.05) is 11.8 Å². The van der Waals surface area contributed by atoms with Crippen LogP contribution in [0.1, 0.15) is 0 Å². The maximum atomic E-state index is 12.3. The topological polar surface area (TPSA) is 67.9 Å². The number of carbonyl (C=O) groups is 2. The molecule has 0 fully saturated rings. The third kappa shape index (κ3) is 5.52. The third-order valence-corrected chi connectivity index (χ3v) is 4.00. The van der Waals surface area contributed by atoms with E-state index in [9.17, 15) is 9.59 Å². The van der Waals surface area contributed by atoms with E-state index in [4.69, 9.17) is 9.47 Å². The zero-order valence-corrected chi connectivity index (χ0v) is 15.7. The van der Waals surface area contributed by atoms with E-state index < -0.39 is 11.9 Å². The van der Waals surface area contributed by atoms with Crippen molar-refractivity contribution in [2.24, 2.45) is 0 Å². The van der Waals surface area contributed by atoms with Crippen LogP contribution < -0.4 is 14.8 Å². The van der Waals surface area contributed by atoms with Gasteiger partial charge >= 0.3 is 6.03 Å². The molecule has 0 aromatic heterocycles. The second-order valence-corrected chi connectivity index (χ2v) is 6.08. The Bertz CT molecular complexity index is 935. The van der Waals surface area contributed by atoms with Crippen LogP contribution in [0.2, 0.25) is 0 Å². The van der Waals surface area contributed by atoms with Gasteiger partial charge in [-0.1, -0.05) is 55.3 Å². The fraction of sp³-hybridized carbons (Fsp3) is 0.0476. The van der Waals surface area contributed by atoms with Crippen molar-refractivity contribution < 1.29 is 19.1 Å². The molecule has 0 aliphatic rings. The lowest BCUT2D eigenvalue weighted by molar-refractivity contribution is -0.126. The quantitative estimate of drug-likeness (QED) is 0.592. The van der Waals surface area contributed by atoms with E-state index >= 15 is 0 Å². The molecule has 0 aliphatic heterocycles. The first-order chi connectivity index (χ1) is 13.6. The lowest BCUT2D eigenvalue weighted by atomic mass is 10.3. The molecule has 3 aromatic rings. The Morgan fingerprint density at radius 3 is 2.11 bits per heavy atom. The monoisotopic (exact) mass is 394 g/mol. The highest BCUT2D eigenvalue weighted by molar-refractivity contribution is 7.79. The van der Waals surface area contributed by atoms with E-state index in [2.05, 4.69) is 18.1 Å². The van der Waals surface area contributed by atoms with Gasteiger partial charge in [-0.15, -0.1) is 0 Å². The van der Waals surface area contributed by atoms with E-state index in [1.807, 2.05) is 36.4 Å². The van der Waals surface area contributed by atoms with Gasteiger partial charge in [0.25, 0.3) is 5.91 Å². The van der Waals surface area contributed by atoms with Crippen LogP contribution in [-0.2, 0) is 4.79 Å². The summed E-state index contributed by atoms with van der Waals surface area (Å²) in [7, 11) is 0. The smallest absolute Gasteiger partial charge is 0.338 e. The first kappa shape index (κ1) is 19.3. The Balaban J connectivity index is 1.56. The third-order valence-electron chi connectivity index (χ3n) is 3.60. The molecule has 3 aromatic carbocycles. The molecule has 0 radical (unpaired) electrons. The normalized spacial score (nSPS) is 10.0. The lowest BCUT2D eigenvalue weighted by Gasteiger charge is -2.16. The number of ether oxygens (including phenoxy) is 2. The van der Waals surface area contributed by atoms with Gasteiger partial charge < -0.3 is 14.8 Å². The summed E-state index contributed by atoms with van der Waals surface area (Å²) in [4.78, 5) is 24.4. The zero-order chi connectivity index (χ0) is 19.8. The van der Waals surface area contributed by atoms with E-state index in [1.54, 1.807) is 48.5 Å². The molecule has 0 atom stereocenters. The molecule has 3 amide bonds. The van der Waals surface area contributed by atoms with Crippen molar-refractivity contribution in [2.45, 2.75) is 0 Å². The van der Waals surface area contributed by atoms with E-state index in [0.29, 0.717) is 27.2 Å². The van der Waals surface area contributed by atoms with Gasteiger partial charge in [0.2, 0.25) is 0 Å². The Labute approximate surface area is 168 Å². The highest BCUT2D eigenvalue weighted by Crippen LogP contribution is 2.24. The molecule has 7 heteroatoms. The van der Waals surface area contributed by atoms with Crippen LogP contribution in [0.25, 0.3) is 0 Å². The molecule has 0 bridgehead atoms. The van der Waals surface area contributed by atoms with Crippen LogP contribution >= 0.6 is 12.8 Å². The molecule has 0 spiro atoms. The number of rotatable bonds is 6. The van der Waals surface area contributed by atoms with E-state index in [1.165, 1.54) is 0 Å². The van der Waals surface area contributed by atoms with Crippen molar-refractivity contribution >= 4 is 30.4 Å². The first-order valence-corrected chi connectivity index (χ1v) is 8.85. The zero-order valence-electron chi connectivity index (χ0n) is 14.8. The molecule has 1 N–H and O–H groups in total. The van der Waals surface area contributed by atoms with E-state index in [0.717, 1.165) is 0 Å². The van der Waals surface area contributed by atoms with Gasteiger partial charge in [0.05, 0.1) is 0 Å². The van der Waals surface area contributed by atoms with Gasteiger partial charge in [-0.25, -0.2) is 9.10 Å². The number of urea groups is 1. The summed E-state index contributed by atoms with van der Waals surface area (Å²) in [5, 5.41) is 2.60. The predicted octanol–water partition coefficient (Wildman–Crippen LogP) is 4.76. The van der Waals surface area contributed by atoms with Crippen molar-refractivity contribution in [3.8, 4) is 17.2 Å². The van der Waals surface area contributed by atoms with Crippen LogP contribution in [0.5, 0.6) is 17.2 Å². The number of nitrogens with one attached hydrogen (secondary N) is 1. The highest BCUT2D eigenvalue weighted by Gasteiger charge is 2.19. The maximum absolute atomic E-state index is 12.3. The van der Waals surface area contributed by atoms with Crippen LogP contribution in [-0.4, -0.2) is 22.9 Å². The maximum Gasteiger partial charge on any atom is 0.338 e. The number of amides is 3. The second-order valence-electron chi connectivity index (χ2n) is 5.68. The number of benzene rings is 3. The average Bonchev–Trinajstić information content (AvgIpc) is 2.73.